The number of carboxylic acid groups (broad SMARTS) is 1. The van der Waals surface area contributed by atoms with Crippen LogP contribution in [0.3, 0.4) is 0 Å². The summed E-state index contributed by atoms with van der Waals surface area (Å²) in [6.07, 6.45) is 6.95. The molecule has 13 heteroatoms. The molecule has 204 valence electrons. The highest BCUT2D eigenvalue weighted by Crippen LogP contribution is 2.19. The van der Waals surface area contributed by atoms with E-state index in [4.69, 9.17) is 5.73 Å². The Balaban J connectivity index is 1.83. The van der Waals surface area contributed by atoms with Gasteiger partial charge in [0.05, 0.1) is 12.4 Å². The van der Waals surface area contributed by atoms with Crippen LogP contribution < -0.4 is 21.7 Å². The Morgan fingerprint density at radius 2 is 1.66 bits per heavy atom. The van der Waals surface area contributed by atoms with Crippen LogP contribution in [0, 0.1) is 0 Å². The molecular weight excluding hydrogens is 510 g/mol. The number of aromatic nitrogens is 3. The number of para-hydroxylation sites is 1. The summed E-state index contributed by atoms with van der Waals surface area (Å²) in [7, 11) is 0. The summed E-state index contributed by atoms with van der Waals surface area (Å²) in [6, 6.07) is 3.41. The summed E-state index contributed by atoms with van der Waals surface area (Å²) >= 11 is 1.46. The molecule has 2 aromatic heterocycles. The Hall–Kier alpha value is -3.84. The lowest BCUT2D eigenvalue weighted by atomic mass is 10.0. The van der Waals surface area contributed by atoms with Gasteiger partial charge in [0, 0.05) is 41.8 Å². The molecule has 3 aromatic rings. The number of carbonyl (C=O) groups is 4. The lowest BCUT2D eigenvalue weighted by molar-refractivity contribution is -0.142. The highest BCUT2D eigenvalue weighted by atomic mass is 32.2. The van der Waals surface area contributed by atoms with Gasteiger partial charge in [0.25, 0.3) is 0 Å². The number of rotatable bonds is 14. The summed E-state index contributed by atoms with van der Waals surface area (Å²) in [5, 5.41) is 18.3. The highest BCUT2D eigenvalue weighted by molar-refractivity contribution is 7.98. The van der Waals surface area contributed by atoms with Crippen molar-refractivity contribution in [3.05, 3.63) is 54.2 Å². The van der Waals surface area contributed by atoms with Crippen molar-refractivity contribution in [3.8, 4) is 0 Å². The topological polar surface area (TPSA) is 195 Å². The van der Waals surface area contributed by atoms with Crippen molar-refractivity contribution in [3.63, 3.8) is 0 Å². The number of hydrogen-bond donors (Lipinski definition) is 7. The van der Waals surface area contributed by atoms with Gasteiger partial charge in [-0.25, -0.2) is 9.78 Å². The molecule has 12 nitrogen and oxygen atoms in total. The predicted octanol–water partition coefficient (Wildman–Crippen LogP) is 0.316. The average molecular weight is 544 g/mol. The normalized spacial score (nSPS) is 14.3. The second-order valence-corrected chi connectivity index (χ2v) is 9.92. The molecule has 38 heavy (non-hydrogen) atoms. The number of aliphatic carboxylic acids is 1. The zero-order chi connectivity index (χ0) is 27.7. The lowest BCUT2D eigenvalue weighted by Gasteiger charge is -2.25. The first kappa shape index (κ1) is 28.7. The average Bonchev–Trinajstić information content (AvgIpc) is 3.55. The fourth-order valence-corrected chi connectivity index (χ4v) is 4.37. The minimum Gasteiger partial charge on any atom is -0.480 e. The second-order valence-electron chi connectivity index (χ2n) is 8.94. The molecule has 3 rings (SSSR count). The third kappa shape index (κ3) is 7.83. The summed E-state index contributed by atoms with van der Waals surface area (Å²) < 4.78 is 0. The third-order valence-electron chi connectivity index (χ3n) is 5.98. The Labute approximate surface area is 223 Å². The smallest absolute Gasteiger partial charge is 0.326 e. The standard InChI is InChI=1S/C25H33N7O5S/c1-14(26)22(33)31-20(9-15-11-28-18-6-4-3-5-17(15)18)23(34)32-21(10-16-12-27-13-29-16)24(35)30-19(25(36)37)7-8-38-2/h3-6,11-14,19-21,28H,7-10,26H2,1-2H3,(H,27,29)(H,30,35)(H,31,33)(H,32,34)(H,36,37). The molecule has 0 saturated heterocycles. The molecule has 0 aliphatic rings. The van der Waals surface area contributed by atoms with Crippen molar-refractivity contribution in [1.29, 1.82) is 0 Å². The van der Waals surface area contributed by atoms with Crippen LogP contribution in [-0.2, 0) is 32.0 Å². The van der Waals surface area contributed by atoms with Gasteiger partial charge < -0.3 is 36.8 Å². The Morgan fingerprint density at radius 1 is 1.00 bits per heavy atom. The molecule has 3 amide bonds. The van der Waals surface area contributed by atoms with E-state index in [0.717, 1.165) is 16.5 Å². The molecule has 0 spiro atoms. The zero-order valence-corrected chi connectivity index (χ0v) is 22.0. The second kappa shape index (κ2) is 13.6. The number of imidazole rings is 1. The van der Waals surface area contributed by atoms with Gasteiger partial charge >= 0.3 is 5.97 Å². The van der Waals surface area contributed by atoms with Gasteiger partial charge in [-0.2, -0.15) is 11.8 Å². The van der Waals surface area contributed by atoms with Gasteiger partial charge in [-0.05, 0) is 37.0 Å². The number of thioether (sulfide) groups is 1. The molecule has 0 fully saturated rings. The summed E-state index contributed by atoms with van der Waals surface area (Å²) in [4.78, 5) is 60.8. The fraction of sp³-hybridized carbons (Fsp3) is 0.400. The number of hydrogen-bond acceptors (Lipinski definition) is 7. The van der Waals surface area contributed by atoms with Crippen molar-refractivity contribution in [2.24, 2.45) is 5.73 Å². The minimum absolute atomic E-state index is 0.0352. The number of nitrogens with two attached hydrogens (primary N) is 1. The number of aromatic amines is 2. The maximum absolute atomic E-state index is 13.5. The summed E-state index contributed by atoms with van der Waals surface area (Å²) in [5.74, 6) is -2.43. The largest absolute Gasteiger partial charge is 0.480 e. The molecule has 2 heterocycles. The molecular formula is C25H33N7O5S. The third-order valence-corrected chi connectivity index (χ3v) is 6.63. The Bertz CT molecular complexity index is 1240. The van der Waals surface area contributed by atoms with Gasteiger partial charge in [-0.1, -0.05) is 18.2 Å². The summed E-state index contributed by atoms with van der Waals surface area (Å²) in [6.45, 7) is 1.51. The Morgan fingerprint density at radius 3 is 2.29 bits per heavy atom. The molecule has 0 aliphatic heterocycles. The number of nitrogens with one attached hydrogen (secondary N) is 5. The van der Waals surface area contributed by atoms with Gasteiger partial charge in [0.15, 0.2) is 0 Å². The molecule has 0 radical (unpaired) electrons. The number of nitrogens with zero attached hydrogens (tertiary/aromatic N) is 1. The van der Waals surface area contributed by atoms with Crippen molar-refractivity contribution in [1.82, 2.24) is 30.9 Å². The van der Waals surface area contributed by atoms with Crippen LogP contribution in [0.1, 0.15) is 24.6 Å². The monoisotopic (exact) mass is 543 g/mol. The number of H-pyrrole nitrogens is 2. The van der Waals surface area contributed by atoms with Crippen molar-refractivity contribution >= 4 is 46.4 Å². The van der Waals surface area contributed by atoms with E-state index in [2.05, 4.69) is 30.9 Å². The number of carboxylic acids is 1. The molecule has 4 unspecified atom stereocenters. The number of benzene rings is 1. The van der Waals surface area contributed by atoms with Crippen molar-refractivity contribution in [2.45, 2.75) is 50.4 Å². The van der Waals surface area contributed by atoms with Crippen LogP contribution in [0.5, 0.6) is 0 Å². The van der Waals surface area contributed by atoms with E-state index in [0.29, 0.717) is 11.4 Å². The van der Waals surface area contributed by atoms with E-state index in [-0.39, 0.29) is 19.3 Å². The maximum atomic E-state index is 13.5. The highest BCUT2D eigenvalue weighted by Gasteiger charge is 2.31. The van der Waals surface area contributed by atoms with Crippen LogP contribution in [0.4, 0.5) is 0 Å². The van der Waals surface area contributed by atoms with Crippen LogP contribution >= 0.6 is 11.8 Å². The molecule has 0 aliphatic carbocycles. The maximum Gasteiger partial charge on any atom is 0.326 e. The molecule has 0 saturated carbocycles. The fourth-order valence-electron chi connectivity index (χ4n) is 3.90. The Kier molecular flexibility index (Phi) is 10.3. The minimum atomic E-state index is -1.17. The number of amides is 3. The van der Waals surface area contributed by atoms with E-state index >= 15 is 0 Å². The first-order valence-electron chi connectivity index (χ1n) is 12.1. The van der Waals surface area contributed by atoms with E-state index < -0.39 is 47.9 Å². The molecule has 1 aromatic carbocycles. The van der Waals surface area contributed by atoms with E-state index in [1.54, 1.807) is 6.20 Å². The zero-order valence-electron chi connectivity index (χ0n) is 21.2. The molecule has 0 bridgehead atoms. The molecule has 8 N–H and O–H groups in total. The van der Waals surface area contributed by atoms with Crippen molar-refractivity contribution < 1.29 is 24.3 Å². The first-order valence-corrected chi connectivity index (χ1v) is 13.5. The lowest BCUT2D eigenvalue weighted by Crippen LogP contribution is -2.58. The van der Waals surface area contributed by atoms with E-state index in [1.165, 1.54) is 31.2 Å². The van der Waals surface area contributed by atoms with Crippen LogP contribution in [0.25, 0.3) is 10.9 Å². The van der Waals surface area contributed by atoms with Crippen LogP contribution in [0.15, 0.2) is 43.0 Å². The predicted molar refractivity (Wildman–Crippen MR) is 144 cm³/mol. The van der Waals surface area contributed by atoms with E-state index in [9.17, 15) is 24.3 Å². The van der Waals surface area contributed by atoms with Gasteiger partial charge in [-0.3, -0.25) is 14.4 Å². The van der Waals surface area contributed by atoms with E-state index in [1.807, 2.05) is 30.5 Å². The van der Waals surface area contributed by atoms with Crippen LogP contribution in [-0.4, -0.2) is 79.9 Å². The van der Waals surface area contributed by atoms with Gasteiger partial charge in [-0.15, -0.1) is 0 Å². The first-order chi connectivity index (χ1) is 18.2. The number of fused-ring (bicyclic) bond motifs is 1. The summed E-state index contributed by atoms with van der Waals surface area (Å²) in [5.41, 5.74) is 7.96. The van der Waals surface area contributed by atoms with Gasteiger partial charge in [0.1, 0.15) is 18.1 Å². The van der Waals surface area contributed by atoms with Gasteiger partial charge in [0.2, 0.25) is 17.7 Å². The quantitative estimate of drug-likeness (QED) is 0.151. The van der Waals surface area contributed by atoms with Crippen LogP contribution in [0.2, 0.25) is 0 Å². The number of carbonyl (C=O) groups excluding carboxylic acids is 3. The molecule has 4 atom stereocenters. The van der Waals surface area contributed by atoms with Crippen molar-refractivity contribution in [2.75, 3.05) is 12.0 Å². The SMILES string of the molecule is CSCCC(NC(=O)C(Cc1cnc[nH]1)NC(=O)C(Cc1c[nH]c2ccccc12)NC(=O)C(C)N)C(=O)O.